The molecule has 0 radical (unpaired) electrons. The average Bonchev–Trinajstić information content (AvgIpc) is 2.76. The summed E-state index contributed by atoms with van der Waals surface area (Å²) >= 11 is 0. The highest BCUT2D eigenvalue weighted by Crippen LogP contribution is 2.19. The summed E-state index contributed by atoms with van der Waals surface area (Å²) in [6.45, 7) is 2.76. The Labute approximate surface area is 82.3 Å². The van der Waals surface area contributed by atoms with Crippen LogP contribution >= 0.6 is 0 Å². The number of hydrogen-bond acceptors (Lipinski definition) is 4. The van der Waals surface area contributed by atoms with Crippen molar-refractivity contribution in [1.29, 1.82) is 5.26 Å². The van der Waals surface area contributed by atoms with Gasteiger partial charge < -0.3 is 4.74 Å². The van der Waals surface area contributed by atoms with E-state index in [0.29, 0.717) is 12.6 Å². The van der Waals surface area contributed by atoms with E-state index in [2.05, 4.69) is 17.0 Å². The topological polar surface area (TPSA) is 63.7 Å². The largest absolute Gasteiger partial charge is 0.373 e. The lowest BCUT2D eigenvalue weighted by atomic mass is 10.2. The molecule has 0 saturated carbocycles. The van der Waals surface area contributed by atoms with Gasteiger partial charge in [0.2, 0.25) is 0 Å². The molecule has 14 heavy (non-hydrogen) atoms. The molecule has 1 fully saturated rings. The van der Waals surface area contributed by atoms with Crippen LogP contribution in [0.3, 0.4) is 0 Å². The quantitative estimate of drug-likeness (QED) is 0.692. The molecule has 5 nitrogen and oxygen atoms in total. The van der Waals surface area contributed by atoms with Crippen LogP contribution in [0, 0.1) is 11.3 Å². The molecule has 2 heterocycles. The summed E-state index contributed by atoms with van der Waals surface area (Å²) in [7, 11) is 0. The first-order chi connectivity index (χ1) is 6.78. The van der Waals surface area contributed by atoms with Crippen molar-refractivity contribution in [3.05, 3.63) is 12.2 Å². The fourth-order valence-corrected chi connectivity index (χ4v) is 1.66. The van der Waals surface area contributed by atoms with E-state index in [9.17, 15) is 0 Å². The molecule has 1 aromatic heterocycles. The van der Waals surface area contributed by atoms with Gasteiger partial charge in [0.25, 0.3) is 5.82 Å². The summed E-state index contributed by atoms with van der Waals surface area (Å²) in [6.07, 6.45) is 4.30. The van der Waals surface area contributed by atoms with Crippen molar-refractivity contribution in [3.63, 3.8) is 0 Å². The molecule has 0 aliphatic carbocycles. The fourth-order valence-electron chi connectivity index (χ4n) is 1.66. The van der Waals surface area contributed by atoms with Crippen LogP contribution in [0.5, 0.6) is 0 Å². The van der Waals surface area contributed by atoms with Crippen molar-refractivity contribution >= 4 is 0 Å². The first-order valence-corrected chi connectivity index (χ1v) is 4.73. The van der Waals surface area contributed by atoms with Gasteiger partial charge in [0.15, 0.2) is 0 Å². The van der Waals surface area contributed by atoms with Gasteiger partial charge in [0.05, 0.1) is 18.8 Å². The number of nitriles is 1. The van der Waals surface area contributed by atoms with E-state index in [0.717, 1.165) is 12.8 Å². The average molecular weight is 192 g/mol. The molecule has 1 aliphatic rings. The molecule has 0 N–H and O–H groups in total. The molecule has 1 aliphatic heterocycles. The standard InChI is InChI=1S/C9H12N4O/c1-7-2-3-8(14-7)5-13-6-11-9(4-10)12-13/h6-8H,2-3,5H2,1H3. The second kappa shape index (κ2) is 3.76. The molecule has 5 heteroatoms. The molecule has 74 valence electrons. The van der Waals surface area contributed by atoms with Crippen LogP contribution in [-0.2, 0) is 11.3 Å². The first kappa shape index (κ1) is 9.16. The normalized spacial score (nSPS) is 26.3. The summed E-state index contributed by atoms with van der Waals surface area (Å²) in [5.41, 5.74) is 0. The maximum absolute atomic E-state index is 8.53. The van der Waals surface area contributed by atoms with Crippen LogP contribution < -0.4 is 0 Å². The van der Waals surface area contributed by atoms with Gasteiger partial charge in [-0.25, -0.2) is 9.67 Å². The molecule has 0 spiro atoms. The predicted molar refractivity (Wildman–Crippen MR) is 48.3 cm³/mol. The maximum Gasteiger partial charge on any atom is 0.252 e. The highest BCUT2D eigenvalue weighted by atomic mass is 16.5. The van der Waals surface area contributed by atoms with Crippen LogP contribution in [0.4, 0.5) is 0 Å². The third-order valence-electron chi connectivity index (χ3n) is 2.35. The Balaban J connectivity index is 1.95. The second-order valence-electron chi connectivity index (χ2n) is 3.55. The van der Waals surface area contributed by atoms with Gasteiger partial charge in [0, 0.05) is 0 Å². The van der Waals surface area contributed by atoms with Gasteiger partial charge in [0.1, 0.15) is 12.4 Å². The molecular formula is C9H12N4O. The van der Waals surface area contributed by atoms with Crippen LogP contribution in [0.2, 0.25) is 0 Å². The van der Waals surface area contributed by atoms with Gasteiger partial charge in [-0.15, -0.1) is 5.10 Å². The lowest BCUT2D eigenvalue weighted by Gasteiger charge is -2.09. The zero-order valence-electron chi connectivity index (χ0n) is 8.05. The minimum Gasteiger partial charge on any atom is -0.373 e. The van der Waals surface area contributed by atoms with Crippen LogP contribution in [0.25, 0.3) is 0 Å². The van der Waals surface area contributed by atoms with E-state index in [1.807, 2.05) is 6.07 Å². The Kier molecular flexibility index (Phi) is 2.46. The van der Waals surface area contributed by atoms with E-state index >= 15 is 0 Å². The fraction of sp³-hybridized carbons (Fsp3) is 0.667. The SMILES string of the molecule is CC1CCC(Cn2cnc(C#N)n2)O1. The van der Waals surface area contributed by atoms with E-state index in [1.54, 1.807) is 11.0 Å². The highest BCUT2D eigenvalue weighted by molar-refractivity contribution is 5.05. The highest BCUT2D eigenvalue weighted by Gasteiger charge is 2.22. The van der Waals surface area contributed by atoms with E-state index in [1.165, 1.54) is 0 Å². The lowest BCUT2D eigenvalue weighted by molar-refractivity contribution is 0.0436. The number of ether oxygens (including phenoxy) is 1. The van der Waals surface area contributed by atoms with E-state index < -0.39 is 0 Å². The Hall–Kier alpha value is -1.41. The summed E-state index contributed by atoms with van der Waals surface area (Å²) in [5.74, 6) is 0.219. The molecule has 0 amide bonds. The van der Waals surface area contributed by atoms with Crippen molar-refractivity contribution in [2.45, 2.75) is 38.5 Å². The zero-order chi connectivity index (χ0) is 9.97. The number of aromatic nitrogens is 3. The van der Waals surface area contributed by atoms with Crippen LogP contribution in [-0.4, -0.2) is 27.0 Å². The van der Waals surface area contributed by atoms with Gasteiger partial charge in [-0.1, -0.05) is 0 Å². The smallest absolute Gasteiger partial charge is 0.252 e. The molecule has 0 aromatic carbocycles. The predicted octanol–water partition coefficient (Wildman–Crippen LogP) is 0.717. The molecule has 1 aromatic rings. The minimum atomic E-state index is 0.219. The third kappa shape index (κ3) is 1.91. The Morgan fingerprint density at radius 1 is 1.71 bits per heavy atom. The third-order valence-corrected chi connectivity index (χ3v) is 2.35. The number of hydrogen-bond donors (Lipinski definition) is 0. The lowest BCUT2D eigenvalue weighted by Crippen LogP contribution is -2.16. The summed E-state index contributed by atoms with van der Waals surface area (Å²) in [6, 6.07) is 1.90. The van der Waals surface area contributed by atoms with Gasteiger partial charge in [-0.3, -0.25) is 0 Å². The van der Waals surface area contributed by atoms with Gasteiger partial charge in [-0.2, -0.15) is 5.26 Å². The molecule has 0 bridgehead atoms. The summed E-state index contributed by atoms with van der Waals surface area (Å²) in [5, 5.41) is 12.5. The maximum atomic E-state index is 8.53. The van der Waals surface area contributed by atoms with Crippen LogP contribution in [0.1, 0.15) is 25.6 Å². The summed E-state index contributed by atoms with van der Waals surface area (Å²) < 4.78 is 7.30. The molecule has 2 atom stereocenters. The Morgan fingerprint density at radius 2 is 2.57 bits per heavy atom. The molecule has 1 saturated heterocycles. The molecule has 2 rings (SSSR count). The van der Waals surface area contributed by atoms with Crippen molar-refractivity contribution in [1.82, 2.24) is 14.8 Å². The minimum absolute atomic E-state index is 0.219. The Morgan fingerprint density at radius 3 is 3.14 bits per heavy atom. The molecular weight excluding hydrogens is 180 g/mol. The van der Waals surface area contributed by atoms with E-state index in [-0.39, 0.29) is 11.9 Å². The second-order valence-corrected chi connectivity index (χ2v) is 3.55. The van der Waals surface area contributed by atoms with Crippen LogP contribution in [0.15, 0.2) is 6.33 Å². The first-order valence-electron chi connectivity index (χ1n) is 4.73. The number of rotatable bonds is 2. The zero-order valence-corrected chi connectivity index (χ0v) is 8.05. The van der Waals surface area contributed by atoms with Crippen molar-refractivity contribution in [3.8, 4) is 6.07 Å². The molecule has 2 unspecified atom stereocenters. The number of nitrogens with zero attached hydrogens (tertiary/aromatic N) is 4. The van der Waals surface area contributed by atoms with E-state index in [4.69, 9.17) is 10.00 Å². The van der Waals surface area contributed by atoms with Crippen molar-refractivity contribution in [2.24, 2.45) is 0 Å². The van der Waals surface area contributed by atoms with Gasteiger partial charge >= 0.3 is 0 Å². The summed E-state index contributed by atoms with van der Waals surface area (Å²) in [4.78, 5) is 3.83. The van der Waals surface area contributed by atoms with Crippen molar-refractivity contribution in [2.75, 3.05) is 0 Å². The van der Waals surface area contributed by atoms with Crippen molar-refractivity contribution < 1.29 is 4.74 Å². The monoisotopic (exact) mass is 192 g/mol. The van der Waals surface area contributed by atoms with Gasteiger partial charge in [-0.05, 0) is 19.8 Å². The Bertz CT molecular complexity index is 354.